The fraction of sp³-hybridized carbons (Fsp3) is 0.529. The number of carbonyl (C=O) groups excluding carboxylic acids is 2. The van der Waals surface area contributed by atoms with Gasteiger partial charge in [0, 0.05) is 11.5 Å². The molecule has 2 amide bonds. The Morgan fingerprint density at radius 3 is 2.50 bits per heavy atom. The highest BCUT2D eigenvalue weighted by Crippen LogP contribution is 2.29. The molecule has 7 heteroatoms. The smallest absolute Gasteiger partial charge is 0.245 e. The van der Waals surface area contributed by atoms with Gasteiger partial charge in [0.25, 0.3) is 0 Å². The molecule has 1 aromatic carbocycles. The zero-order chi connectivity index (χ0) is 17.9. The standard InChI is InChI=1S/C17H22F2N2O3/c1-3-14(12-8-11(18)6-7-13(12)19)20-17(24)15(9(2)22)21-16(23)10-4-5-10/h6-10,14-15,22H,3-5H2,1-2H3,(H,20,24)(H,21,23). The molecule has 1 aliphatic carbocycles. The number of rotatable bonds is 7. The molecule has 1 fully saturated rings. The first-order chi connectivity index (χ1) is 11.3. The Kier molecular flexibility index (Phi) is 5.88. The first-order valence-corrected chi connectivity index (χ1v) is 8.07. The summed E-state index contributed by atoms with van der Waals surface area (Å²) in [5, 5.41) is 14.9. The van der Waals surface area contributed by atoms with Crippen LogP contribution in [0.3, 0.4) is 0 Å². The van der Waals surface area contributed by atoms with E-state index in [1.54, 1.807) is 6.92 Å². The van der Waals surface area contributed by atoms with Gasteiger partial charge in [-0.25, -0.2) is 8.78 Å². The third-order valence-electron chi connectivity index (χ3n) is 4.07. The van der Waals surface area contributed by atoms with Crippen LogP contribution in [0.25, 0.3) is 0 Å². The lowest BCUT2D eigenvalue weighted by Crippen LogP contribution is -2.53. The molecule has 0 aromatic heterocycles. The minimum absolute atomic E-state index is 0.0312. The molecular formula is C17H22F2N2O3. The van der Waals surface area contributed by atoms with Gasteiger partial charge in [-0.1, -0.05) is 6.92 Å². The Bertz CT molecular complexity index is 618. The van der Waals surface area contributed by atoms with Crippen molar-refractivity contribution in [3.63, 3.8) is 0 Å². The van der Waals surface area contributed by atoms with Crippen LogP contribution in [0.5, 0.6) is 0 Å². The molecule has 0 radical (unpaired) electrons. The molecule has 0 spiro atoms. The Hall–Kier alpha value is -2.02. The van der Waals surface area contributed by atoms with Crippen molar-refractivity contribution in [2.24, 2.45) is 5.92 Å². The van der Waals surface area contributed by atoms with Gasteiger partial charge in [0.1, 0.15) is 17.7 Å². The molecular weight excluding hydrogens is 318 g/mol. The number of nitrogens with one attached hydrogen (secondary N) is 2. The second-order valence-corrected chi connectivity index (χ2v) is 6.14. The monoisotopic (exact) mass is 340 g/mol. The normalized spacial score (nSPS) is 17.7. The summed E-state index contributed by atoms with van der Waals surface area (Å²) in [4.78, 5) is 24.2. The van der Waals surface area contributed by atoms with Gasteiger partial charge in [0.15, 0.2) is 0 Å². The van der Waals surface area contributed by atoms with E-state index in [2.05, 4.69) is 10.6 Å². The molecule has 0 heterocycles. The number of benzene rings is 1. The Morgan fingerprint density at radius 1 is 1.29 bits per heavy atom. The van der Waals surface area contributed by atoms with Crippen molar-refractivity contribution in [3.8, 4) is 0 Å². The largest absolute Gasteiger partial charge is 0.391 e. The summed E-state index contributed by atoms with van der Waals surface area (Å²) in [5.74, 6) is -2.25. The molecule has 24 heavy (non-hydrogen) atoms. The van der Waals surface area contributed by atoms with Crippen molar-refractivity contribution >= 4 is 11.8 Å². The van der Waals surface area contributed by atoms with Crippen molar-refractivity contribution in [2.75, 3.05) is 0 Å². The van der Waals surface area contributed by atoms with E-state index in [1.165, 1.54) is 6.92 Å². The lowest BCUT2D eigenvalue weighted by molar-refractivity contribution is -0.132. The predicted octanol–water partition coefficient (Wildman–Crippen LogP) is 1.81. The Balaban J connectivity index is 2.10. The first-order valence-electron chi connectivity index (χ1n) is 8.07. The van der Waals surface area contributed by atoms with Crippen molar-refractivity contribution in [2.45, 2.75) is 51.3 Å². The highest BCUT2D eigenvalue weighted by Gasteiger charge is 2.34. The molecule has 1 aromatic rings. The lowest BCUT2D eigenvalue weighted by atomic mass is 10.0. The third-order valence-corrected chi connectivity index (χ3v) is 4.07. The molecule has 1 aliphatic rings. The maximum atomic E-state index is 13.9. The van der Waals surface area contributed by atoms with Gasteiger partial charge in [0.2, 0.25) is 11.8 Å². The minimum Gasteiger partial charge on any atom is -0.391 e. The number of aliphatic hydroxyl groups is 1. The molecule has 0 bridgehead atoms. The van der Waals surface area contributed by atoms with Gasteiger partial charge < -0.3 is 15.7 Å². The topological polar surface area (TPSA) is 78.4 Å². The van der Waals surface area contributed by atoms with Crippen LogP contribution in [0, 0.1) is 17.6 Å². The van der Waals surface area contributed by atoms with Crippen LogP contribution in [0.15, 0.2) is 18.2 Å². The average molecular weight is 340 g/mol. The Morgan fingerprint density at radius 2 is 1.96 bits per heavy atom. The van der Waals surface area contributed by atoms with Crippen LogP contribution in [0.2, 0.25) is 0 Å². The highest BCUT2D eigenvalue weighted by molar-refractivity contribution is 5.90. The number of hydrogen-bond acceptors (Lipinski definition) is 3. The molecule has 0 saturated heterocycles. The maximum absolute atomic E-state index is 13.9. The second kappa shape index (κ2) is 7.70. The molecule has 0 aliphatic heterocycles. The first kappa shape index (κ1) is 18.3. The second-order valence-electron chi connectivity index (χ2n) is 6.14. The SMILES string of the molecule is CCC(NC(=O)C(NC(=O)C1CC1)C(C)O)c1cc(F)ccc1F. The molecule has 1 saturated carbocycles. The zero-order valence-corrected chi connectivity index (χ0v) is 13.7. The van der Waals surface area contributed by atoms with E-state index < -0.39 is 35.7 Å². The van der Waals surface area contributed by atoms with Crippen molar-refractivity contribution < 1.29 is 23.5 Å². The van der Waals surface area contributed by atoms with Gasteiger partial charge in [0.05, 0.1) is 12.1 Å². The summed E-state index contributed by atoms with van der Waals surface area (Å²) in [6, 6.07) is 1.14. The summed E-state index contributed by atoms with van der Waals surface area (Å²) >= 11 is 0. The van der Waals surface area contributed by atoms with Crippen LogP contribution >= 0.6 is 0 Å². The van der Waals surface area contributed by atoms with Crippen LogP contribution in [-0.4, -0.2) is 29.1 Å². The van der Waals surface area contributed by atoms with E-state index in [9.17, 15) is 23.5 Å². The number of halogens is 2. The third kappa shape index (κ3) is 4.50. The average Bonchev–Trinajstić information content (AvgIpc) is 3.36. The van der Waals surface area contributed by atoms with Crippen molar-refractivity contribution in [1.29, 1.82) is 0 Å². The van der Waals surface area contributed by atoms with Crippen LogP contribution in [0.4, 0.5) is 8.78 Å². The number of hydrogen-bond donors (Lipinski definition) is 3. The van der Waals surface area contributed by atoms with Gasteiger partial charge in [-0.15, -0.1) is 0 Å². The van der Waals surface area contributed by atoms with E-state index in [4.69, 9.17) is 0 Å². The van der Waals surface area contributed by atoms with E-state index >= 15 is 0 Å². The fourth-order valence-corrected chi connectivity index (χ4v) is 2.46. The highest BCUT2D eigenvalue weighted by atomic mass is 19.1. The van der Waals surface area contributed by atoms with Crippen LogP contribution in [-0.2, 0) is 9.59 Å². The summed E-state index contributed by atoms with van der Waals surface area (Å²) < 4.78 is 27.3. The summed E-state index contributed by atoms with van der Waals surface area (Å²) in [6.07, 6.45) is 0.760. The van der Waals surface area contributed by atoms with Crippen LogP contribution in [0.1, 0.15) is 44.7 Å². The molecule has 132 valence electrons. The maximum Gasteiger partial charge on any atom is 0.245 e. The van der Waals surface area contributed by atoms with E-state index in [1.807, 2.05) is 0 Å². The van der Waals surface area contributed by atoms with Crippen molar-refractivity contribution in [3.05, 3.63) is 35.4 Å². The van der Waals surface area contributed by atoms with Gasteiger partial charge in [-0.2, -0.15) is 0 Å². The van der Waals surface area contributed by atoms with Crippen molar-refractivity contribution in [1.82, 2.24) is 10.6 Å². The number of carbonyl (C=O) groups is 2. The molecule has 2 rings (SSSR count). The Labute approximate surface area is 139 Å². The molecule has 3 atom stereocenters. The van der Waals surface area contributed by atoms with E-state index in [-0.39, 0.29) is 17.4 Å². The quantitative estimate of drug-likeness (QED) is 0.708. The van der Waals surface area contributed by atoms with Gasteiger partial charge in [-0.3, -0.25) is 9.59 Å². The summed E-state index contributed by atoms with van der Waals surface area (Å²) in [5.41, 5.74) is 0.0312. The fourth-order valence-electron chi connectivity index (χ4n) is 2.46. The molecule has 3 unspecified atom stereocenters. The number of amides is 2. The van der Waals surface area contributed by atoms with E-state index in [0.717, 1.165) is 31.0 Å². The zero-order valence-electron chi connectivity index (χ0n) is 13.7. The van der Waals surface area contributed by atoms with E-state index in [0.29, 0.717) is 6.42 Å². The molecule has 5 nitrogen and oxygen atoms in total. The predicted molar refractivity (Wildman–Crippen MR) is 83.9 cm³/mol. The van der Waals surface area contributed by atoms with Gasteiger partial charge in [-0.05, 0) is 44.4 Å². The van der Waals surface area contributed by atoms with Gasteiger partial charge >= 0.3 is 0 Å². The minimum atomic E-state index is -1.14. The lowest BCUT2D eigenvalue weighted by Gasteiger charge is -2.25. The molecule has 3 N–H and O–H groups in total. The van der Waals surface area contributed by atoms with Crippen LogP contribution < -0.4 is 10.6 Å². The summed E-state index contributed by atoms with van der Waals surface area (Å²) in [6.45, 7) is 3.11. The summed E-state index contributed by atoms with van der Waals surface area (Å²) in [7, 11) is 0. The number of aliphatic hydroxyl groups excluding tert-OH is 1.